The number of nitrogens with two attached hydrogens (primary N) is 1. The molecule has 0 fully saturated rings. The fraction of sp³-hybridized carbons (Fsp3) is 0.385. The highest BCUT2D eigenvalue weighted by molar-refractivity contribution is 9.10. The summed E-state index contributed by atoms with van der Waals surface area (Å²) in [7, 11) is 0. The van der Waals surface area contributed by atoms with Crippen molar-refractivity contribution < 1.29 is 4.39 Å². The second-order valence-corrected chi connectivity index (χ2v) is 6.13. The minimum Gasteiger partial charge on any atom is -0.324 e. The van der Waals surface area contributed by atoms with E-state index in [9.17, 15) is 4.39 Å². The van der Waals surface area contributed by atoms with Crippen molar-refractivity contribution in [1.82, 2.24) is 14.8 Å². The van der Waals surface area contributed by atoms with Gasteiger partial charge in [-0.25, -0.2) is 4.39 Å². The minimum atomic E-state index is -0.295. The van der Waals surface area contributed by atoms with Gasteiger partial charge in [-0.05, 0) is 54.9 Å². The van der Waals surface area contributed by atoms with Gasteiger partial charge in [0.25, 0.3) is 0 Å². The number of benzene rings is 1. The molecule has 1 aromatic carbocycles. The van der Waals surface area contributed by atoms with Crippen molar-refractivity contribution in [2.24, 2.45) is 5.73 Å². The number of halogens is 2. The van der Waals surface area contributed by atoms with Crippen molar-refractivity contribution in [3.63, 3.8) is 0 Å². The summed E-state index contributed by atoms with van der Waals surface area (Å²) >= 11 is 3.36. The van der Waals surface area contributed by atoms with E-state index in [-0.39, 0.29) is 11.4 Å². The maximum atomic E-state index is 13.2. The Hall–Kier alpha value is -1.27. The van der Waals surface area contributed by atoms with Crippen LogP contribution in [0.15, 0.2) is 22.7 Å². The molecular weight excluding hydrogens is 311 g/mol. The summed E-state index contributed by atoms with van der Waals surface area (Å²) in [5, 5.41) is 8.31. The summed E-state index contributed by atoms with van der Waals surface area (Å²) in [5.74, 6) is 1.09. The predicted octanol–water partition coefficient (Wildman–Crippen LogP) is 3.06. The molecule has 6 heteroatoms. The van der Waals surface area contributed by atoms with Crippen LogP contribution in [0.25, 0.3) is 11.4 Å². The molecule has 0 spiro atoms. The summed E-state index contributed by atoms with van der Waals surface area (Å²) < 4.78 is 15.8. The smallest absolute Gasteiger partial charge is 0.165 e. The molecule has 0 saturated heterocycles. The second-order valence-electron chi connectivity index (χ2n) is 5.27. The van der Waals surface area contributed by atoms with Gasteiger partial charge in [0.05, 0.1) is 6.54 Å². The zero-order valence-electron chi connectivity index (χ0n) is 11.1. The van der Waals surface area contributed by atoms with Gasteiger partial charge in [0, 0.05) is 15.6 Å². The van der Waals surface area contributed by atoms with Gasteiger partial charge in [-0.1, -0.05) is 0 Å². The Morgan fingerprint density at radius 3 is 2.53 bits per heavy atom. The van der Waals surface area contributed by atoms with Gasteiger partial charge in [0.15, 0.2) is 5.82 Å². The van der Waals surface area contributed by atoms with Crippen LogP contribution in [0, 0.1) is 5.82 Å². The van der Waals surface area contributed by atoms with Crippen molar-refractivity contribution in [3.05, 3.63) is 34.3 Å². The third-order valence-corrected chi connectivity index (χ3v) is 3.41. The summed E-state index contributed by atoms with van der Waals surface area (Å²) in [5.41, 5.74) is 6.29. The lowest BCUT2D eigenvalue weighted by molar-refractivity contribution is 0.386. The Morgan fingerprint density at radius 1 is 1.32 bits per heavy atom. The summed E-state index contributed by atoms with van der Waals surface area (Å²) in [6.07, 6.45) is 0. The molecule has 2 rings (SSSR count). The van der Waals surface area contributed by atoms with Crippen LogP contribution in [-0.2, 0) is 12.1 Å². The highest BCUT2D eigenvalue weighted by Crippen LogP contribution is 2.31. The molecule has 0 bridgehead atoms. The molecule has 0 atom stereocenters. The maximum absolute atomic E-state index is 13.2. The van der Waals surface area contributed by atoms with Crippen LogP contribution in [-0.4, -0.2) is 14.8 Å². The van der Waals surface area contributed by atoms with Crippen molar-refractivity contribution in [2.75, 3.05) is 0 Å². The maximum Gasteiger partial charge on any atom is 0.165 e. The van der Waals surface area contributed by atoms with Crippen molar-refractivity contribution >= 4 is 15.9 Å². The Morgan fingerprint density at radius 2 is 2.00 bits per heavy atom. The van der Waals surface area contributed by atoms with Crippen LogP contribution in [0.5, 0.6) is 0 Å². The Labute approximate surface area is 120 Å². The van der Waals surface area contributed by atoms with E-state index in [4.69, 9.17) is 5.73 Å². The average molecular weight is 327 g/mol. The summed E-state index contributed by atoms with van der Waals surface area (Å²) in [4.78, 5) is 0. The Bertz CT molecular complexity index is 601. The highest BCUT2D eigenvalue weighted by atomic mass is 79.9. The molecule has 2 aromatic rings. The molecule has 4 nitrogen and oxygen atoms in total. The van der Waals surface area contributed by atoms with E-state index in [2.05, 4.69) is 46.9 Å². The quantitative estimate of drug-likeness (QED) is 0.922. The van der Waals surface area contributed by atoms with Crippen LogP contribution in [0.1, 0.15) is 26.6 Å². The van der Waals surface area contributed by atoms with Gasteiger partial charge in [-0.2, -0.15) is 0 Å². The molecular formula is C13H16BrFN4. The number of nitrogens with zero attached hydrogens (tertiary/aromatic N) is 3. The van der Waals surface area contributed by atoms with Gasteiger partial charge in [0.2, 0.25) is 0 Å². The standard InChI is InChI=1S/C13H16BrFN4/c1-13(2,3)19-11(7-16)17-18-12(19)9-5-4-8(15)6-10(9)14/h4-6H,7,16H2,1-3H3. The van der Waals surface area contributed by atoms with E-state index in [1.807, 2.05) is 4.57 Å². The lowest BCUT2D eigenvalue weighted by Gasteiger charge is -2.25. The molecule has 0 unspecified atom stereocenters. The second kappa shape index (κ2) is 5.02. The molecule has 0 aliphatic rings. The third kappa shape index (κ3) is 2.69. The zero-order chi connectivity index (χ0) is 14.2. The topological polar surface area (TPSA) is 56.7 Å². The lowest BCUT2D eigenvalue weighted by atomic mass is 10.1. The van der Waals surface area contributed by atoms with Crippen LogP contribution in [0.3, 0.4) is 0 Å². The van der Waals surface area contributed by atoms with Gasteiger partial charge in [0.1, 0.15) is 11.6 Å². The first kappa shape index (κ1) is 14.1. The largest absolute Gasteiger partial charge is 0.324 e. The van der Waals surface area contributed by atoms with Gasteiger partial charge < -0.3 is 10.3 Å². The van der Waals surface area contributed by atoms with E-state index in [1.165, 1.54) is 12.1 Å². The van der Waals surface area contributed by atoms with Crippen LogP contribution < -0.4 is 5.73 Å². The molecule has 2 N–H and O–H groups in total. The molecule has 0 amide bonds. The first-order valence-corrected chi connectivity index (χ1v) is 6.74. The van der Waals surface area contributed by atoms with Gasteiger partial charge in [-0.15, -0.1) is 10.2 Å². The molecule has 0 aliphatic carbocycles. The number of rotatable bonds is 2. The number of hydrogen-bond acceptors (Lipinski definition) is 3. The molecule has 0 aliphatic heterocycles. The molecule has 0 saturated carbocycles. The van der Waals surface area contributed by atoms with Crippen molar-refractivity contribution in [3.8, 4) is 11.4 Å². The van der Waals surface area contributed by atoms with E-state index < -0.39 is 0 Å². The monoisotopic (exact) mass is 326 g/mol. The van der Waals surface area contributed by atoms with E-state index in [0.29, 0.717) is 22.7 Å². The van der Waals surface area contributed by atoms with E-state index in [0.717, 1.165) is 5.56 Å². The predicted molar refractivity (Wildman–Crippen MR) is 76.0 cm³/mol. The Balaban J connectivity index is 2.66. The number of aromatic nitrogens is 3. The number of hydrogen-bond donors (Lipinski definition) is 1. The van der Waals surface area contributed by atoms with Crippen LogP contribution in [0.2, 0.25) is 0 Å². The van der Waals surface area contributed by atoms with Crippen LogP contribution >= 0.6 is 15.9 Å². The van der Waals surface area contributed by atoms with Gasteiger partial charge >= 0.3 is 0 Å². The fourth-order valence-corrected chi connectivity index (χ4v) is 2.53. The molecule has 102 valence electrons. The third-order valence-electron chi connectivity index (χ3n) is 2.76. The zero-order valence-corrected chi connectivity index (χ0v) is 12.7. The first-order valence-electron chi connectivity index (χ1n) is 5.95. The molecule has 1 heterocycles. The SMILES string of the molecule is CC(C)(C)n1c(CN)nnc1-c1ccc(F)cc1Br. The molecule has 0 radical (unpaired) electrons. The van der Waals surface area contributed by atoms with Crippen molar-refractivity contribution in [2.45, 2.75) is 32.9 Å². The van der Waals surface area contributed by atoms with Crippen molar-refractivity contribution in [1.29, 1.82) is 0 Å². The van der Waals surface area contributed by atoms with Crippen LogP contribution in [0.4, 0.5) is 4.39 Å². The Kier molecular flexibility index (Phi) is 3.73. The molecule has 19 heavy (non-hydrogen) atoms. The first-order chi connectivity index (χ1) is 8.84. The van der Waals surface area contributed by atoms with E-state index in [1.54, 1.807) is 6.07 Å². The average Bonchev–Trinajstić information content (AvgIpc) is 2.72. The molecule has 1 aromatic heterocycles. The minimum absolute atomic E-state index is 0.207. The fourth-order valence-electron chi connectivity index (χ4n) is 2.00. The van der Waals surface area contributed by atoms with Gasteiger partial charge in [-0.3, -0.25) is 0 Å². The normalized spacial score (nSPS) is 11.9. The van der Waals surface area contributed by atoms with E-state index >= 15 is 0 Å². The summed E-state index contributed by atoms with van der Waals surface area (Å²) in [6.45, 7) is 6.46. The lowest BCUT2D eigenvalue weighted by Crippen LogP contribution is -2.26. The summed E-state index contributed by atoms with van der Waals surface area (Å²) in [6, 6.07) is 4.51. The highest BCUT2D eigenvalue weighted by Gasteiger charge is 2.24.